The number of para-hydroxylation sites is 3. The number of thiophene rings is 1. The van der Waals surface area contributed by atoms with Crippen LogP contribution in [0.4, 0.5) is 11.4 Å². The maximum absolute atomic E-state index is 13.1. The van der Waals surface area contributed by atoms with Gasteiger partial charge in [0.2, 0.25) is 0 Å². The Balaban J connectivity index is 1.38. The number of benzene rings is 4. The molecule has 0 radical (unpaired) electrons. The van der Waals surface area contributed by atoms with E-state index in [2.05, 4.69) is 21.2 Å². The Labute approximate surface area is 227 Å². The van der Waals surface area contributed by atoms with Gasteiger partial charge in [0.25, 0.3) is 15.9 Å². The quantitative estimate of drug-likeness (QED) is 0.212. The summed E-state index contributed by atoms with van der Waals surface area (Å²) in [6, 6.07) is 30.2. The first-order valence-electron chi connectivity index (χ1n) is 11.2. The predicted molar refractivity (Wildman–Crippen MR) is 152 cm³/mol. The third kappa shape index (κ3) is 5.39. The molecule has 0 saturated heterocycles. The second-order valence-corrected chi connectivity index (χ2v) is 12.1. The van der Waals surface area contributed by atoms with Gasteiger partial charge in [-0.1, -0.05) is 46.3 Å². The Morgan fingerprint density at radius 3 is 2.35 bits per heavy atom. The number of ether oxygens (including phenoxy) is 1. The average Bonchev–Trinajstić information content (AvgIpc) is 3.34. The number of rotatable bonds is 7. The van der Waals surface area contributed by atoms with Gasteiger partial charge in [-0.3, -0.25) is 9.10 Å². The van der Waals surface area contributed by atoms with E-state index < -0.39 is 10.0 Å². The molecule has 0 spiro atoms. The van der Waals surface area contributed by atoms with E-state index in [0.717, 1.165) is 14.6 Å². The smallest absolute Gasteiger partial charge is 0.265 e. The van der Waals surface area contributed by atoms with Crippen molar-refractivity contribution < 1.29 is 17.9 Å². The van der Waals surface area contributed by atoms with Gasteiger partial charge in [0.15, 0.2) is 5.75 Å². The predicted octanol–water partition coefficient (Wildman–Crippen LogP) is 7.53. The average molecular weight is 594 g/mol. The van der Waals surface area contributed by atoms with Crippen LogP contribution in [0.2, 0.25) is 0 Å². The van der Waals surface area contributed by atoms with Gasteiger partial charge in [-0.05, 0) is 78.2 Å². The van der Waals surface area contributed by atoms with Crippen LogP contribution in [0.1, 0.15) is 9.67 Å². The normalized spacial score (nSPS) is 11.3. The molecule has 9 heteroatoms. The molecule has 1 N–H and O–H groups in total. The minimum atomic E-state index is -3.74. The monoisotopic (exact) mass is 592 g/mol. The third-order valence-electron chi connectivity index (χ3n) is 5.67. The molecule has 0 aliphatic carbocycles. The molecule has 1 heterocycles. The van der Waals surface area contributed by atoms with Crippen molar-refractivity contribution in [1.29, 1.82) is 0 Å². The van der Waals surface area contributed by atoms with E-state index in [-0.39, 0.29) is 10.8 Å². The lowest BCUT2D eigenvalue weighted by Crippen LogP contribution is -2.26. The summed E-state index contributed by atoms with van der Waals surface area (Å²) < 4.78 is 35.1. The molecule has 0 unspecified atom stereocenters. The molecule has 5 rings (SSSR count). The first-order chi connectivity index (χ1) is 17.8. The molecule has 1 aromatic heterocycles. The van der Waals surface area contributed by atoms with Crippen molar-refractivity contribution in [3.05, 3.63) is 112 Å². The van der Waals surface area contributed by atoms with Crippen LogP contribution in [0.15, 0.2) is 112 Å². The van der Waals surface area contributed by atoms with Crippen LogP contribution in [-0.2, 0) is 10.0 Å². The van der Waals surface area contributed by atoms with E-state index >= 15 is 0 Å². The van der Waals surface area contributed by atoms with Gasteiger partial charge in [-0.15, -0.1) is 11.3 Å². The minimum absolute atomic E-state index is 0.195. The van der Waals surface area contributed by atoms with E-state index in [1.807, 2.05) is 48.5 Å². The van der Waals surface area contributed by atoms with Gasteiger partial charge in [-0.25, -0.2) is 8.42 Å². The fraction of sp³-hybridized carbons (Fsp3) is 0.0357. The zero-order chi connectivity index (χ0) is 26.0. The highest BCUT2D eigenvalue weighted by Crippen LogP contribution is 2.33. The highest BCUT2D eigenvalue weighted by Gasteiger charge is 2.22. The van der Waals surface area contributed by atoms with Crippen molar-refractivity contribution in [2.45, 2.75) is 4.90 Å². The Kier molecular flexibility index (Phi) is 7.01. The highest BCUT2D eigenvalue weighted by molar-refractivity contribution is 9.10. The first-order valence-corrected chi connectivity index (χ1v) is 14.3. The van der Waals surface area contributed by atoms with Gasteiger partial charge < -0.3 is 10.1 Å². The van der Waals surface area contributed by atoms with Crippen molar-refractivity contribution in [1.82, 2.24) is 0 Å². The van der Waals surface area contributed by atoms with Crippen molar-refractivity contribution in [2.24, 2.45) is 0 Å². The Morgan fingerprint density at radius 1 is 0.892 bits per heavy atom. The number of hydrogen-bond acceptors (Lipinski definition) is 5. The SMILES string of the molecule is CN(c1ccc2sc(C(=O)Nc3ccccc3Oc3ccccc3)cc2c1)S(=O)(=O)c1ccc(Br)cc1. The number of nitrogens with one attached hydrogen (secondary N) is 1. The molecule has 0 fully saturated rings. The molecule has 4 aromatic carbocycles. The van der Waals surface area contributed by atoms with E-state index in [4.69, 9.17) is 4.74 Å². The molecule has 5 aromatic rings. The van der Waals surface area contributed by atoms with Crippen molar-refractivity contribution in [3.63, 3.8) is 0 Å². The van der Waals surface area contributed by atoms with Crippen molar-refractivity contribution in [2.75, 3.05) is 16.7 Å². The molecule has 0 aliphatic heterocycles. The second-order valence-electron chi connectivity index (χ2n) is 8.12. The lowest BCUT2D eigenvalue weighted by molar-refractivity contribution is 0.103. The number of amides is 1. The van der Waals surface area contributed by atoms with Crippen LogP contribution in [0, 0.1) is 0 Å². The van der Waals surface area contributed by atoms with Crippen LogP contribution >= 0.6 is 27.3 Å². The van der Waals surface area contributed by atoms with Crippen LogP contribution in [0.3, 0.4) is 0 Å². The fourth-order valence-corrected chi connectivity index (χ4v) is 6.09. The summed E-state index contributed by atoms with van der Waals surface area (Å²) in [5, 5.41) is 3.71. The van der Waals surface area contributed by atoms with E-state index in [1.165, 1.54) is 22.7 Å². The lowest BCUT2D eigenvalue weighted by atomic mass is 10.2. The van der Waals surface area contributed by atoms with Crippen LogP contribution in [-0.4, -0.2) is 21.4 Å². The van der Waals surface area contributed by atoms with Crippen molar-refractivity contribution in [3.8, 4) is 11.5 Å². The summed E-state index contributed by atoms with van der Waals surface area (Å²) in [5.74, 6) is 0.925. The summed E-state index contributed by atoms with van der Waals surface area (Å²) in [7, 11) is -2.22. The number of anilines is 2. The van der Waals surface area contributed by atoms with E-state index in [9.17, 15) is 13.2 Å². The number of halogens is 1. The minimum Gasteiger partial charge on any atom is -0.455 e. The molecule has 0 saturated carbocycles. The molecule has 0 atom stereocenters. The number of sulfonamides is 1. The Bertz CT molecular complexity index is 1680. The van der Waals surface area contributed by atoms with Gasteiger partial charge in [0.05, 0.1) is 21.1 Å². The number of fused-ring (bicyclic) bond motifs is 1. The zero-order valence-corrected chi connectivity index (χ0v) is 22.8. The van der Waals surface area contributed by atoms with Crippen molar-refractivity contribution >= 4 is 64.7 Å². The maximum atomic E-state index is 13.1. The fourth-order valence-electron chi connectivity index (χ4n) is 3.70. The Morgan fingerprint density at radius 2 is 1.59 bits per heavy atom. The lowest BCUT2D eigenvalue weighted by Gasteiger charge is -2.19. The summed E-state index contributed by atoms with van der Waals surface area (Å²) >= 11 is 4.66. The van der Waals surface area contributed by atoms with Crippen LogP contribution < -0.4 is 14.4 Å². The van der Waals surface area contributed by atoms with Gasteiger partial charge in [0.1, 0.15) is 5.75 Å². The molecule has 186 valence electrons. The zero-order valence-electron chi connectivity index (χ0n) is 19.6. The van der Waals surface area contributed by atoms with Gasteiger partial charge in [-0.2, -0.15) is 0 Å². The topological polar surface area (TPSA) is 75.7 Å². The number of nitrogens with zero attached hydrogens (tertiary/aromatic N) is 1. The summed E-state index contributed by atoms with van der Waals surface area (Å²) in [4.78, 5) is 13.8. The third-order valence-corrected chi connectivity index (χ3v) is 9.11. The molecular formula is C28H21BrN2O4S2. The summed E-state index contributed by atoms with van der Waals surface area (Å²) in [5.41, 5.74) is 1.05. The Hall–Kier alpha value is -3.66. The number of hydrogen-bond donors (Lipinski definition) is 1. The maximum Gasteiger partial charge on any atom is 0.265 e. The summed E-state index contributed by atoms with van der Waals surface area (Å²) in [6.07, 6.45) is 0. The molecular weight excluding hydrogens is 572 g/mol. The largest absolute Gasteiger partial charge is 0.455 e. The van der Waals surface area contributed by atoms with E-state index in [1.54, 1.807) is 54.6 Å². The number of carbonyl (C=O) groups excluding carboxylic acids is 1. The molecule has 0 aliphatic rings. The van der Waals surface area contributed by atoms with Crippen LogP contribution in [0.5, 0.6) is 11.5 Å². The van der Waals surface area contributed by atoms with E-state index in [0.29, 0.717) is 27.8 Å². The van der Waals surface area contributed by atoms with Gasteiger partial charge >= 0.3 is 0 Å². The summed E-state index contributed by atoms with van der Waals surface area (Å²) in [6.45, 7) is 0. The molecule has 0 bridgehead atoms. The van der Waals surface area contributed by atoms with Gasteiger partial charge in [0, 0.05) is 16.2 Å². The second kappa shape index (κ2) is 10.4. The highest BCUT2D eigenvalue weighted by atomic mass is 79.9. The first kappa shape index (κ1) is 25.0. The molecule has 1 amide bonds. The standard InChI is InChI=1S/C28H21BrN2O4S2/c1-31(37(33,34)23-14-11-20(29)12-15-23)21-13-16-26-19(17-21)18-27(36-26)28(32)30-24-9-5-6-10-25(24)35-22-7-3-2-4-8-22/h2-18H,1H3,(H,30,32). The number of carbonyl (C=O) groups is 1. The molecule has 6 nitrogen and oxygen atoms in total. The molecule has 37 heavy (non-hydrogen) atoms. The van der Waals surface area contributed by atoms with Crippen LogP contribution in [0.25, 0.3) is 10.1 Å².